The van der Waals surface area contributed by atoms with Gasteiger partial charge in [0, 0.05) is 11.1 Å². The van der Waals surface area contributed by atoms with E-state index in [-0.39, 0.29) is 5.02 Å². The molecule has 66 valence electrons. The summed E-state index contributed by atoms with van der Waals surface area (Å²) in [6.45, 7) is 0. The number of benzene rings is 1. The minimum absolute atomic E-state index is 0.0458. The van der Waals surface area contributed by atoms with Crippen LogP contribution in [0.5, 0.6) is 11.5 Å². The Bertz CT molecular complexity index is 339. The largest absolute Gasteiger partial charge is 0.768 e. The van der Waals surface area contributed by atoms with Crippen LogP contribution in [-0.2, 0) is 11.1 Å². The SMILES string of the molecule is O=S([O-])c1cc(Cl)cc(O)c1O. The molecule has 1 aromatic carbocycles. The third-order valence-electron chi connectivity index (χ3n) is 1.20. The van der Waals surface area contributed by atoms with Crippen LogP contribution in [-0.4, -0.2) is 19.0 Å². The zero-order chi connectivity index (χ0) is 9.30. The predicted molar refractivity (Wildman–Crippen MR) is 42.0 cm³/mol. The quantitative estimate of drug-likeness (QED) is 0.532. The third-order valence-corrected chi connectivity index (χ3v) is 2.09. The Morgan fingerprint density at radius 2 is 2.00 bits per heavy atom. The standard InChI is InChI=1S/C6H5ClO4S/c7-3-1-4(8)6(9)5(2-3)12(10)11/h1-2,8-9H,(H,10,11)/p-1. The Hall–Kier alpha value is -0.780. The number of rotatable bonds is 1. The van der Waals surface area contributed by atoms with Crippen molar-refractivity contribution >= 4 is 22.7 Å². The molecule has 0 aromatic heterocycles. The molecule has 0 bridgehead atoms. The maximum Gasteiger partial charge on any atom is 0.172 e. The first-order valence-electron chi connectivity index (χ1n) is 2.83. The van der Waals surface area contributed by atoms with Gasteiger partial charge < -0.3 is 14.8 Å². The van der Waals surface area contributed by atoms with Crippen LogP contribution in [0.3, 0.4) is 0 Å². The highest BCUT2D eigenvalue weighted by molar-refractivity contribution is 7.79. The summed E-state index contributed by atoms with van der Waals surface area (Å²) in [5, 5.41) is 18.0. The van der Waals surface area contributed by atoms with Gasteiger partial charge in [0.05, 0.1) is 4.90 Å². The molecule has 0 spiro atoms. The topological polar surface area (TPSA) is 80.6 Å². The molecule has 0 fully saturated rings. The van der Waals surface area contributed by atoms with E-state index in [1.54, 1.807) is 0 Å². The van der Waals surface area contributed by atoms with Gasteiger partial charge in [0.1, 0.15) is 0 Å². The monoisotopic (exact) mass is 207 g/mol. The smallest absolute Gasteiger partial charge is 0.172 e. The first-order chi connectivity index (χ1) is 5.52. The number of phenols is 2. The van der Waals surface area contributed by atoms with Gasteiger partial charge in [-0.25, -0.2) is 0 Å². The molecule has 12 heavy (non-hydrogen) atoms. The van der Waals surface area contributed by atoms with Crippen molar-refractivity contribution in [3.63, 3.8) is 0 Å². The van der Waals surface area contributed by atoms with E-state index in [2.05, 4.69) is 0 Å². The lowest BCUT2D eigenvalue weighted by Crippen LogP contribution is -1.89. The van der Waals surface area contributed by atoms with E-state index in [1.165, 1.54) is 0 Å². The summed E-state index contributed by atoms with van der Waals surface area (Å²) in [4.78, 5) is -0.417. The van der Waals surface area contributed by atoms with Gasteiger partial charge >= 0.3 is 0 Å². The number of hydrogen-bond donors (Lipinski definition) is 2. The van der Waals surface area contributed by atoms with E-state index in [0.717, 1.165) is 12.1 Å². The van der Waals surface area contributed by atoms with Crippen molar-refractivity contribution in [1.29, 1.82) is 0 Å². The molecule has 0 heterocycles. The molecule has 2 N–H and O–H groups in total. The van der Waals surface area contributed by atoms with Gasteiger partial charge in [0.25, 0.3) is 0 Å². The number of phenolic OH excluding ortho intramolecular Hbond substituents is 2. The van der Waals surface area contributed by atoms with Crippen LogP contribution in [0.4, 0.5) is 0 Å². The highest BCUT2D eigenvalue weighted by Gasteiger charge is 2.08. The number of hydrogen-bond acceptors (Lipinski definition) is 4. The van der Waals surface area contributed by atoms with Crippen LogP contribution < -0.4 is 0 Å². The van der Waals surface area contributed by atoms with Gasteiger partial charge in [-0.2, -0.15) is 0 Å². The van der Waals surface area contributed by atoms with Crippen molar-refractivity contribution in [2.75, 3.05) is 0 Å². The highest BCUT2D eigenvalue weighted by Crippen LogP contribution is 2.33. The van der Waals surface area contributed by atoms with Gasteiger partial charge in [0.15, 0.2) is 11.5 Å². The fourth-order valence-electron chi connectivity index (χ4n) is 0.688. The Labute approximate surface area is 75.7 Å². The first kappa shape index (κ1) is 9.31. The lowest BCUT2D eigenvalue weighted by atomic mass is 10.3. The normalized spacial score (nSPS) is 12.8. The molecule has 0 radical (unpaired) electrons. The van der Waals surface area contributed by atoms with Gasteiger partial charge in [-0.15, -0.1) is 0 Å². The van der Waals surface area contributed by atoms with Crippen LogP contribution in [0.1, 0.15) is 0 Å². The fraction of sp³-hybridized carbons (Fsp3) is 0. The fourth-order valence-corrected chi connectivity index (χ4v) is 1.45. The average molecular weight is 208 g/mol. The summed E-state index contributed by atoms with van der Waals surface area (Å²) in [5.41, 5.74) is 0. The van der Waals surface area contributed by atoms with Gasteiger partial charge in [-0.3, -0.25) is 4.21 Å². The van der Waals surface area contributed by atoms with E-state index < -0.39 is 27.5 Å². The molecule has 0 saturated carbocycles. The van der Waals surface area contributed by atoms with E-state index in [9.17, 15) is 8.76 Å². The van der Waals surface area contributed by atoms with E-state index >= 15 is 0 Å². The Morgan fingerprint density at radius 3 is 2.50 bits per heavy atom. The van der Waals surface area contributed by atoms with Gasteiger partial charge in [0.2, 0.25) is 0 Å². The van der Waals surface area contributed by atoms with Crippen LogP contribution >= 0.6 is 11.6 Å². The minimum Gasteiger partial charge on any atom is -0.768 e. The zero-order valence-corrected chi connectivity index (χ0v) is 7.22. The van der Waals surface area contributed by atoms with E-state index in [4.69, 9.17) is 21.8 Å². The molecule has 1 atom stereocenters. The maximum atomic E-state index is 10.4. The van der Waals surface area contributed by atoms with Gasteiger partial charge in [-0.05, 0) is 17.1 Å². The summed E-state index contributed by atoms with van der Waals surface area (Å²) in [5.74, 6) is -1.24. The molecule has 6 heteroatoms. The second-order valence-corrected chi connectivity index (χ2v) is 3.35. The van der Waals surface area contributed by atoms with Crippen LogP contribution in [0.25, 0.3) is 0 Å². The summed E-state index contributed by atoms with van der Waals surface area (Å²) in [7, 11) is 0. The summed E-state index contributed by atoms with van der Waals surface area (Å²) in [6.07, 6.45) is 0. The first-order valence-corrected chi connectivity index (χ1v) is 4.28. The molecule has 1 unspecified atom stereocenters. The molecule has 0 aliphatic heterocycles. The maximum absolute atomic E-state index is 10.4. The summed E-state index contributed by atoms with van der Waals surface area (Å²) in [6, 6.07) is 2.09. The molecule has 1 rings (SSSR count). The summed E-state index contributed by atoms with van der Waals surface area (Å²) < 4.78 is 20.8. The minimum atomic E-state index is -2.61. The molecule has 0 amide bonds. The average Bonchev–Trinajstić information content (AvgIpc) is 1.96. The Kier molecular flexibility index (Phi) is 2.56. The summed E-state index contributed by atoms with van der Waals surface area (Å²) >= 11 is 2.82. The lowest BCUT2D eigenvalue weighted by Gasteiger charge is -2.08. The Morgan fingerprint density at radius 1 is 1.42 bits per heavy atom. The van der Waals surface area contributed by atoms with Crippen LogP contribution in [0.2, 0.25) is 5.02 Å². The molecule has 0 saturated heterocycles. The van der Waals surface area contributed by atoms with E-state index in [1.807, 2.05) is 0 Å². The molecule has 4 nitrogen and oxygen atoms in total. The van der Waals surface area contributed by atoms with Crippen LogP contribution in [0, 0.1) is 0 Å². The molecule has 0 aliphatic rings. The highest BCUT2D eigenvalue weighted by atomic mass is 35.5. The molecule has 0 aliphatic carbocycles. The number of aromatic hydroxyl groups is 2. The van der Waals surface area contributed by atoms with Crippen molar-refractivity contribution in [2.45, 2.75) is 4.90 Å². The molecular formula is C6H4ClO4S-. The molecular weight excluding hydrogens is 204 g/mol. The second kappa shape index (κ2) is 3.30. The van der Waals surface area contributed by atoms with Crippen molar-refractivity contribution in [1.82, 2.24) is 0 Å². The second-order valence-electron chi connectivity index (χ2n) is 2.01. The lowest BCUT2D eigenvalue weighted by molar-refractivity contribution is 0.392. The van der Waals surface area contributed by atoms with Gasteiger partial charge in [-0.1, -0.05) is 11.6 Å². The van der Waals surface area contributed by atoms with Crippen molar-refractivity contribution in [2.24, 2.45) is 0 Å². The zero-order valence-electron chi connectivity index (χ0n) is 5.65. The molecule has 1 aromatic rings. The van der Waals surface area contributed by atoms with Crippen molar-refractivity contribution in [3.05, 3.63) is 17.2 Å². The number of halogens is 1. The van der Waals surface area contributed by atoms with E-state index in [0.29, 0.717) is 0 Å². The third kappa shape index (κ3) is 1.69. The van der Waals surface area contributed by atoms with Crippen LogP contribution in [0.15, 0.2) is 17.0 Å². The Balaban J connectivity index is 3.37. The van der Waals surface area contributed by atoms with Crippen molar-refractivity contribution in [3.8, 4) is 11.5 Å². The predicted octanol–water partition coefficient (Wildman–Crippen LogP) is 0.989. The van der Waals surface area contributed by atoms with Crippen molar-refractivity contribution < 1.29 is 19.0 Å².